The quantitative estimate of drug-likeness (QED) is 0.629. The molecule has 1 heterocycles. The van der Waals surface area contributed by atoms with E-state index < -0.39 is 30.5 Å². The molecule has 0 spiro atoms. The van der Waals surface area contributed by atoms with Crippen molar-refractivity contribution in [2.75, 3.05) is 20.3 Å². The molecule has 138 valence electrons. The molecule has 9 heteroatoms. The van der Waals surface area contributed by atoms with E-state index in [0.717, 1.165) is 6.42 Å². The number of hydrogen-bond donors (Lipinski definition) is 3. The van der Waals surface area contributed by atoms with Crippen LogP contribution in [0.3, 0.4) is 0 Å². The maximum Gasteiger partial charge on any atom is 0.355 e. The number of rotatable bonds is 7. The minimum atomic E-state index is -0.800. The van der Waals surface area contributed by atoms with Crippen LogP contribution in [0.2, 0.25) is 0 Å². The van der Waals surface area contributed by atoms with E-state index in [9.17, 15) is 19.2 Å². The van der Waals surface area contributed by atoms with Gasteiger partial charge in [0.25, 0.3) is 5.91 Å². The van der Waals surface area contributed by atoms with E-state index in [-0.39, 0.29) is 11.3 Å². The van der Waals surface area contributed by atoms with Crippen LogP contribution < -0.4 is 10.6 Å². The zero-order chi connectivity index (χ0) is 19.0. The Morgan fingerprint density at radius 2 is 1.80 bits per heavy atom. The third kappa shape index (κ3) is 5.33. The third-order valence-electron chi connectivity index (χ3n) is 3.40. The maximum absolute atomic E-state index is 12.1. The zero-order valence-electron chi connectivity index (χ0n) is 14.8. The molecule has 3 amide bonds. The summed E-state index contributed by atoms with van der Waals surface area (Å²) < 4.78 is 9.60. The molecule has 0 aromatic carbocycles. The molecule has 0 bridgehead atoms. The fourth-order valence-electron chi connectivity index (χ4n) is 2.15. The molecule has 0 aliphatic heterocycles. The minimum Gasteiger partial charge on any atom is -0.465 e. The number of aryl methyl sites for hydroxylation is 1. The summed E-state index contributed by atoms with van der Waals surface area (Å²) in [5.74, 6) is -2.11. The molecule has 0 aliphatic rings. The smallest absolute Gasteiger partial charge is 0.355 e. The molecule has 0 saturated heterocycles. The summed E-state index contributed by atoms with van der Waals surface area (Å²) in [6, 6.07) is -0.653. The van der Waals surface area contributed by atoms with Crippen LogP contribution in [0.1, 0.15) is 52.4 Å². The Balaban J connectivity index is 2.72. The number of esters is 2. The van der Waals surface area contributed by atoms with Gasteiger partial charge in [-0.25, -0.2) is 14.4 Å². The van der Waals surface area contributed by atoms with Crippen LogP contribution in [0.5, 0.6) is 0 Å². The van der Waals surface area contributed by atoms with Gasteiger partial charge in [0.05, 0.1) is 12.7 Å². The lowest BCUT2D eigenvalue weighted by Crippen LogP contribution is -2.41. The lowest BCUT2D eigenvalue weighted by Gasteiger charge is -2.06. The number of carbonyl (C=O) groups excluding carboxylic acids is 4. The number of imide groups is 1. The Hall–Kier alpha value is -2.84. The highest BCUT2D eigenvalue weighted by Gasteiger charge is 2.25. The van der Waals surface area contributed by atoms with E-state index in [2.05, 4.69) is 10.3 Å². The van der Waals surface area contributed by atoms with Crippen LogP contribution >= 0.6 is 0 Å². The van der Waals surface area contributed by atoms with Gasteiger partial charge in [0, 0.05) is 12.2 Å². The van der Waals surface area contributed by atoms with E-state index in [1.165, 1.54) is 7.11 Å². The molecule has 0 atom stereocenters. The molecule has 1 aromatic rings. The number of nitrogens with one attached hydrogen (secondary N) is 3. The topological polar surface area (TPSA) is 127 Å². The first kappa shape index (κ1) is 20.2. The minimum absolute atomic E-state index is 0.0699. The number of aromatic amines is 1. The van der Waals surface area contributed by atoms with Crippen LogP contribution in [-0.2, 0) is 20.7 Å². The average molecular weight is 353 g/mol. The Morgan fingerprint density at radius 1 is 1.12 bits per heavy atom. The van der Waals surface area contributed by atoms with Crippen molar-refractivity contribution in [1.82, 2.24) is 15.6 Å². The van der Waals surface area contributed by atoms with Crippen LogP contribution in [0.25, 0.3) is 0 Å². The summed E-state index contributed by atoms with van der Waals surface area (Å²) >= 11 is 0. The normalized spacial score (nSPS) is 10.1. The Morgan fingerprint density at radius 3 is 2.36 bits per heavy atom. The first-order valence-corrected chi connectivity index (χ1v) is 7.90. The van der Waals surface area contributed by atoms with Gasteiger partial charge in [-0.1, -0.05) is 13.8 Å². The summed E-state index contributed by atoms with van der Waals surface area (Å²) in [4.78, 5) is 49.7. The molecule has 9 nitrogen and oxygen atoms in total. The molecular weight excluding hydrogens is 330 g/mol. The van der Waals surface area contributed by atoms with Crippen molar-refractivity contribution in [3.63, 3.8) is 0 Å². The maximum atomic E-state index is 12.1. The summed E-state index contributed by atoms with van der Waals surface area (Å²) in [7, 11) is 1.25. The average Bonchev–Trinajstić information content (AvgIpc) is 2.93. The highest BCUT2D eigenvalue weighted by atomic mass is 16.5. The Bertz CT molecular complexity index is 665. The predicted octanol–water partition coefficient (Wildman–Crippen LogP) is 1.06. The molecule has 0 unspecified atom stereocenters. The fourth-order valence-corrected chi connectivity index (χ4v) is 2.15. The molecule has 3 N–H and O–H groups in total. The Kier molecular flexibility index (Phi) is 7.64. The number of H-pyrrole nitrogens is 1. The van der Waals surface area contributed by atoms with Crippen molar-refractivity contribution in [1.29, 1.82) is 0 Å². The number of urea groups is 1. The highest BCUT2D eigenvalue weighted by molar-refractivity contribution is 6.00. The van der Waals surface area contributed by atoms with Crippen molar-refractivity contribution < 1.29 is 28.7 Å². The van der Waals surface area contributed by atoms with Crippen molar-refractivity contribution in [2.24, 2.45) is 0 Å². The molecule has 0 fully saturated rings. The first-order chi connectivity index (χ1) is 11.8. The molecule has 1 rings (SSSR count). The van der Waals surface area contributed by atoms with E-state index in [1.54, 1.807) is 6.92 Å². The second kappa shape index (κ2) is 9.45. The van der Waals surface area contributed by atoms with Gasteiger partial charge in [0.2, 0.25) is 0 Å². The van der Waals surface area contributed by atoms with Crippen molar-refractivity contribution in [2.45, 2.75) is 33.6 Å². The summed E-state index contributed by atoms with van der Waals surface area (Å²) in [5.41, 5.74) is 1.27. The second-order valence-corrected chi connectivity index (χ2v) is 5.20. The molecule has 0 radical (unpaired) electrons. The van der Waals surface area contributed by atoms with Crippen molar-refractivity contribution in [3.05, 3.63) is 22.5 Å². The van der Waals surface area contributed by atoms with Crippen molar-refractivity contribution >= 4 is 23.9 Å². The summed E-state index contributed by atoms with van der Waals surface area (Å²) in [5, 5.41) is 4.50. The zero-order valence-corrected chi connectivity index (χ0v) is 14.8. The van der Waals surface area contributed by atoms with Crippen LogP contribution in [0, 0.1) is 6.92 Å². The van der Waals surface area contributed by atoms with Gasteiger partial charge in [-0.15, -0.1) is 0 Å². The van der Waals surface area contributed by atoms with Crippen LogP contribution in [0.15, 0.2) is 0 Å². The molecule has 0 aliphatic carbocycles. The highest BCUT2D eigenvalue weighted by Crippen LogP contribution is 2.20. The monoisotopic (exact) mass is 353 g/mol. The van der Waals surface area contributed by atoms with Gasteiger partial charge in [-0.2, -0.15) is 0 Å². The molecule has 1 aromatic heterocycles. The van der Waals surface area contributed by atoms with Gasteiger partial charge in [0.15, 0.2) is 6.61 Å². The van der Waals surface area contributed by atoms with E-state index in [1.807, 2.05) is 19.2 Å². The number of amides is 3. The summed E-state index contributed by atoms with van der Waals surface area (Å²) in [6.45, 7) is 5.07. The van der Waals surface area contributed by atoms with Gasteiger partial charge >= 0.3 is 18.0 Å². The Labute approximate surface area is 145 Å². The largest absolute Gasteiger partial charge is 0.465 e. The van der Waals surface area contributed by atoms with Gasteiger partial charge in [-0.05, 0) is 25.3 Å². The molecular formula is C16H23N3O6. The predicted molar refractivity (Wildman–Crippen MR) is 88.4 cm³/mol. The number of ether oxygens (including phenoxy) is 2. The van der Waals surface area contributed by atoms with E-state index >= 15 is 0 Å². The summed E-state index contributed by atoms with van der Waals surface area (Å²) in [6.07, 6.45) is 1.21. The number of carbonyl (C=O) groups is 4. The number of methoxy groups -OCH3 is 1. The van der Waals surface area contributed by atoms with E-state index in [0.29, 0.717) is 24.2 Å². The van der Waals surface area contributed by atoms with Crippen molar-refractivity contribution in [3.8, 4) is 0 Å². The second-order valence-electron chi connectivity index (χ2n) is 5.20. The molecule has 0 saturated carbocycles. The molecule has 25 heavy (non-hydrogen) atoms. The van der Waals surface area contributed by atoms with Crippen LogP contribution in [-0.4, -0.2) is 49.1 Å². The SMILES string of the molecule is CCCNC(=O)NC(=O)COC(=O)c1[nH]c(CC)c(C(=O)OC)c1C. The third-order valence-corrected chi connectivity index (χ3v) is 3.40. The lowest BCUT2D eigenvalue weighted by atomic mass is 10.1. The fraction of sp³-hybridized carbons (Fsp3) is 0.500. The number of aromatic nitrogens is 1. The van der Waals surface area contributed by atoms with Gasteiger partial charge in [-0.3, -0.25) is 10.1 Å². The van der Waals surface area contributed by atoms with Gasteiger partial charge < -0.3 is 19.8 Å². The number of hydrogen-bond acceptors (Lipinski definition) is 6. The van der Waals surface area contributed by atoms with Gasteiger partial charge in [0.1, 0.15) is 5.69 Å². The lowest BCUT2D eigenvalue weighted by molar-refractivity contribution is -0.123. The first-order valence-electron chi connectivity index (χ1n) is 7.90. The standard InChI is InChI=1S/C16H23N3O6/c1-5-7-17-16(23)19-11(20)8-25-15(22)13-9(3)12(14(21)24-4)10(6-2)18-13/h18H,5-8H2,1-4H3,(H2,17,19,20,23). The van der Waals surface area contributed by atoms with E-state index in [4.69, 9.17) is 9.47 Å². The van der Waals surface area contributed by atoms with Crippen LogP contribution in [0.4, 0.5) is 4.79 Å².